The molecule has 0 heterocycles. The molecule has 86 valence electrons. The lowest BCUT2D eigenvalue weighted by atomic mass is 10.2. The molecule has 0 aromatic heterocycles. The Morgan fingerprint density at radius 3 is 2.81 bits per heavy atom. The summed E-state index contributed by atoms with van der Waals surface area (Å²) in [6.07, 6.45) is 0.0814. The fourth-order valence-corrected chi connectivity index (χ4v) is 1.12. The van der Waals surface area contributed by atoms with Gasteiger partial charge in [0, 0.05) is 13.0 Å². The van der Waals surface area contributed by atoms with E-state index in [1.54, 1.807) is 0 Å². The first-order valence-electron chi connectivity index (χ1n) is 4.52. The highest BCUT2D eigenvalue weighted by Gasteiger charge is 2.16. The molecule has 1 aromatic rings. The number of benzene rings is 1. The van der Waals surface area contributed by atoms with Crippen LogP contribution in [0.15, 0.2) is 18.2 Å². The number of nitrogens with zero attached hydrogens (tertiary/aromatic N) is 1. The Kier molecular flexibility index (Phi) is 3.78. The van der Waals surface area contributed by atoms with Crippen LogP contribution in [-0.2, 0) is 4.79 Å². The number of rotatable bonds is 4. The van der Waals surface area contributed by atoms with Crippen molar-refractivity contribution in [2.24, 2.45) is 5.73 Å². The lowest BCUT2D eigenvalue weighted by Crippen LogP contribution is -2.16. The average molecular weight is 225 g/mol. The van der Waals surface area contributed by atoms with E-state index >= 15 is 0 Å². The molecule has 0 aliphatic rings. The Hall–Kier alpha value is -2.15. The maximum absolute atomic E-state index is 11.2. The van der Waals surface area contributed by atoms with Crippen LogP contribution in [0.2, 0.25) is 0 Å². The highest BCUT2D eigenvalue weighted by atomic mass is 16.6. The standard InChI is InChI=1S/C9H11N3O4/c10-4-3-9(14)11-7-2-1-6(13)5-8(7)12(15)16/h1-2,5,13H,3-4,10H2,(H,11,14). The molecule has 4 N–H and O–H groups in total. The Balaban J connectivity index is 2.95. The molecule has 7 nitrogen and oxygen atoms in total. The molecular weight excluding hydrogens is 214 g/mol. The number of amides is 1. The lowest BCUT2D eigenvalue weighted by molar-refractivity contribution is -0.384. The molecule has 1 aromatic carbocycles. The minimum atomic E-state index is -0.683. The van der Waals surface area contributed by atoms with Gasteiger partial charge in [0.25, 0.3) is 5.69 Å². The molecule has 0 radical (unpaired) electrons. The van der Waals surface area contributed by atoms with E-state index in [-0.39, 0.29) is 30.1 Å². The molecule has 0 atom stereocenters. The number of nitrogens with two attached hydrogens (primary N) is 1. The number of nitro benzene ring substituents is 1. The maximum atomic E-state index is 11.2. The second-order valence-corrected chi connectivity index (χ2v) is 3.05. The topological polar surface area (TPSA) is 118 Å². The van der Waals surface area contributed by atoms with E-state index < -0.39 is 10.8 Å². The molecule has 0 saturated heterocycles. The summed E-state index contributed by atoms with van der Waals surface area (Å²) in [5.41, 5.74) is 4.86. The Morgan fingerprint density at radius 1 is 1.56 bits per heavy atom. The zero-order valence-electron chi connectivity index (χ0n) is 8.34. The van der Waals surface area contributed by atoms with Crippen molar-refractivity contribution in [1.29, 1.82) is 0 Å². The van der Waals surface area contributed by atoms with E-state index in [1.807, 2.05) is 0 Å². The average Bonchev–Trinajstić information content (AvgIpc) is 2.20. The highest BCUT2D eigenvalue weighted by molar-refractivity contribution is 5.93. The van der Waals surface area contributed by atoms with Crippen LogP contribution in [0.25, 0.3) is 0 Å². The third-order valence-corrected chi connectivity index (χ3v) is 1.82. The van der Waals surface area contributed by atoms with Gasteiger partial charge in [-0.2, -0.15) is 0 Å². The fraction of sp³-hybridized carbons (Fsp3) is 0.222. The number of nitro groups is 1. The second-order valence-electron chi connectivity index (χ2n) is 3.05. The Bertz CT molecular complexity index is 419. The summed E-state index contributed by atoms with van der Waals surface area (Å²) in [5, 5.41) is 22.1. The first kappa shape index (κ1) is 11.9. The molecule has 0 aliphatic carbocycles. The normalized spacial score (nSPS) is 9.81. The van der Waals surface area contributed by atoms with Crippen molar-refractivity contribution in [1.82, 2.24) is 0 Å². The molecule has 0 saturated carbocycles. The number of hydrogen-bond acceptors (Lipinski definition) is 5. The number of carbonyl (C=O) groups is 1. The molecule has 16 heavy (non-hydrogen) atoms. The summed E-state index contributed by atoms with van der Waals surface area (Å²) in [6, 6.07) is 3.49. The van der Waals surface area contributed by atoms with Gasteiger partial charge in [0.1, 0.15) is 11.4 Å². The maximum Gasteiger partial charge on any atom is 0.296 e. The summed E-state index contributed by atoms with van der Waals surface area (Å²) < 4.78 is 0. The molecular formula is C9H11N3O4. The van der Waals surface area contributed by atoms with Gasteiger partial charge in [-0.05, 0) is 12.1 Å². The van der Waals surface area contributed by atoms with Crippen LogP contribution in [0, 0.1) is 10.1 Å². The molecule has 0 bridgehead atoms. The van der Waals surface area contributed by atoms with Crippen LogP contribution in [0.3, 0.4) is 0 Å². The smallest absolute Gasteiger partial charge is 0.296 e. The zero-order chi connectivity index (χ0) is 12.1. The first-order chi connectivity index (χ1) is 7.54. The van der Waals surface area contributed by atoms with Crippen molar-refractivity contribution in [3.63, 3.8) is 0 Å². The third-order valence-electron chi connectivity index (χ3n) is 1.82. The van der Waals surface area contributed by atoms with Gasteiger partial charge in [-0.15, -0.1) is 0 Å². The van der Waals surface area contributed by atoms with E-state index in [1.165, 1.54) is 12.1 Å². The molecule has 7 heteroatoms. The van der Waals surface area contributed by atoms with Gasteiger partial charge in [0.2, 0.25) is 5.91 Å². The lowest BCUT2D eigenvalue weighted by Gasteiger charge is -2.05. The monoisotopic (exact) mass is 225 g/mol. The molecule has 0 unspecified atom stereocenters. The van der Waals surface area contributed by atoms with E-state index in [9.17, 15) is 14.9 Å². The van der Waals surface area contributed by atoms with E-state index in [0.29, 0.717) is 0 Å². The van der Waals surface area contributed by atoms with Gasteiger partial charge in [-0.3, -0.25) is 14.9 Å². The van der Waals surface area contributed by atoms with Gasteiger partial charge in [-0.1, -0.05) is 0 Å². The SMILES string of the molecule is NCCC(=O)Nc1ccc(O)cc1[N+](=O)[O-]. The summed E-state index contributed by atoms with van der Waals surface area (Å²) in [6.45, 7) is 0.164. The minimum absolute atomic E-state index is 0.0428. The molecule has 1 rings (SSSR count). The third kappa shape index (κ3) is 2.92. The number of nitrogens with one attached hydrogen (secondary N) is 1. The van der Waals surface area contributed by atoms with Crippen LogP contribution >= 0.6 is 0 Å². The van der Waals surface area contributed by atoms with Gasteiger partial charge in [0.05, 0.1) is 11.0 Å². The predicted molar refractivity (Wildman–Crippen MR) is 57.1 cm³/mol. The van der Waals surface area contributed by atoms with Crippen molar-refractivity contribution in [3.8, 4) is 5.75 Å². The number of phenolic OH excluding ortho intramolecular Hbond substituents is 1. The van der Waals surface area contributed by atoms with Gasteiger partial charge in [-0.25, -0.2) is 0 Å². The molecule has 0 fully saturated rings. The number of phenols is 1. The number of anilines is 1. The van der Waals surface area contributed by atoms with Crippen LogP contribution in [0.5, 0.6) is 5.75 Å². The number of carbonyl (C=O) groups excluding carboxylic acids is 1. The second kappa shape index (κ2) is 5.08. The van der Waals surface area contributed by atoms with Crippen molar-refractivity contribution in [3.05, 3.63) is 28.3 Å². The number of hydrogen-bond donors (Lipinski definition) is 3. The van der Waals surface area contributed by atoms with E-state index in [4.69, 9.17) is 10.8 Å². The fourth-order valence-electron chi connectivity index (χ4n) is 1.12. The Labute approximate surface area is 91.0 Å². The van der Waals surface area contributed by atoms with Crippen molar-refractivity contribution >= 4 is 17.3 Å². The van der Waals surface area contributed by atoms with Crippen molar-refractivity contribution in [2.45, 2.75) is 6.42 Å². The quantitative estimate of drug-likeness (QED) is 0.393. The van der Waals surface area contributed by atoms with Crippen LogP contribution < -0.4 is 11.1 Å². The first-order valence-corrected chi connectivity index (χ1v) is 4.52. The van der Waals surface area contributed by atoms with Gasteiger partial charge >= 0.3 is 0 Å². The largest absolute Gasteiger partial charge is 0.508 e. The summed E-state index contributed by atoms with van der Waals surface area (Å²) in [7, 11) is 0. The Morgan fingerprint density at radius 2 is 2.25 bits per heavy atom. The van der Waals surface area contributed by atoms with Crippen LogP contribution in [0.4, 0.5) is 11.4 Å². The van der Waals surface area contributed by atoms with Gasteiger partial charge in [0.15, 0.2) is 0 Å². The zero-order valence-corrected chi connectivity index (χ0v) is 8.34. The van der Waals surface area contributed by atoms with Crippen molar-refractivity contribution in [2.75, 3.05) is 11.9 Å². The minimum Gasteiger partial charge on any atom is -0.508 e. The molecule has 1 amide bonds. The highest BCUT2D eigenvalue weighted by Crippen LogP contribution is 2.28. The van der Waals surface area contributed by atoms with E-state index in [0.717, 1.165) is 6.07 Å². The molecule has 0 spiro atoms. The van der Waals surface area contributed by atoms with E-state index in [2.05, 4.69) is 5.32 Å². The number of aromatic hydroxyl groups is 1. The van der Waals surface area contributed by atoms with Gasteiger partial charge < -0.3 is 16.2 Å². The van der Waals surface area contributed by atoms with Crippen molar-refractivity contribution < 1.29 is 14.8 Å². The summed E-state index contributed by atoms with van der Waals surface area (Å²) in [4.78, 5) is 21.1. The predicted octanol–water partition coefficient (Wildman–Crippen LogP) is 0.588. The summed E-state index contributed by atoms with van der Waals surface area (Å²) >= 11 is 0. The molecule has 0 aliphatic heterocycles. The van der Waals surface area contributed by atoms with Crippen LogP contribution in [0.1, 0.15) is 6.42 Å². The van der Waals surface area contributed by atoms with Crippen LogP contribution in [-0.4, -0.2) is 22.5 Å². The summed E-state index contributed by atoms with van der Waals surface area (Å²) in [5.74, 6) is -0.639.